The Kier molecular flexibility index (Phi) is 4.68. The first-order chi connectivity index (χ1) is 11.5. The van der Waals surface area contributed by atoms with Gasteiger partial charge in [-0.2, -0.15) is 0 Å². The third-order valence-corrected chi connectivity index (χ3v) is 4.44. The Hall–Kier alpha value is -2.19. The number of anilines is 1. The quantitative estimate of drug-likeness (QED) is 0.697. The second-order valence-electron chi connectivity index (χ2n) is 5.47. The Morgan fingerprint density at radius 1 is 1.33 bits per heavy atom. The van der Waals surface area contributed by atoms with Crippen LogP contribution in [0.5, 0.6) is 5.88 Å². The summed E-state index contributed by atoms with van der Waals surface area (Å²) in [5.41, 5.74) is -0.206. The van der Waals surface area contributed by atoms with Crippen molar-refractivity contribution in [3.05, 3.63) is 52.6 Å². The Bertz CT molecular complexity index is 831. The molecule has 2 heterocycles. The van der Waals surface area contributed by atoms with Crippen molar-refractivity contribution in [1.29, 1.82) is 0 Å². The van der Waals surface area contributed by atoms with E-state index in [1.54, 1.807) is 36.3 Å². The SMILES string of the molecule is CC(C)(Oc1nn(-c2ccccc2)cc1Br)C(=O)Nc1nccs1. The number of carbonyl (C=O) groups is 1. The lowest BCUT2D eigenvalue weighted by Gasteiger charge is -2.23. The fourth-order valence-corrected chi connectivity index (χ4v) is 2.82. The lowest BCUT2D eigenvalue weighted by atomic mass is 10.1. The largest absolute Gasteiger partial charge is 0.460 e. The van der Waals surface area contributed by atoms with E-state index in [1.807, 2.05) is 30.3 Å². The van der Waals surface area contributed by atoms with Gasteiger partial charge in [-0.25, -0.2) is 9.67 Å². The van der Waals surface area contributed by atoms with Gasteiger partial charge in [0.1, 0.15) is 0 Å². The molecular weight excluding hydrogens is 392 g/mol. The first kappa shape index (κ1) is 16.7. The average Bonchev–Trinajstić information content (AvgIpc) is 3.18. The second-order valence-corrected chi connectivity index (χ2v) is 7.21. The molecule has 3 rings (SSSR count). The number of amides is 1. The fourth-order valence-electron chi connectivity index (χ4n) is 1.94. The zero-order valence-corrected chi connectivity index (χ0v) is 15.5. The monoisotopic (exact) mass is 406 g/mol. The minimum absolute atomic E-state index is 0.293. The number of hydrogen-bond acceptors (Lipinski definition) is 5. The molecule has 0 aliphatic rings. The van der Waals surface area contributed by atoms with Crippen molar-refractivity contribution in [2.75, 3.05) is 5.32 Å². The molecule has 3 aromatic rings. The molecule has 0 saturated carbocycles. The van der Waals surface area contributed by atoms with E-state index in [0.29, 0.717) is 15.5 Å². The molecule has 24 heavy (non-hydrogen) atoms. The Labute approximate surface area is 151 Å². The van der Waals surface area contributed by atoms with Crippen LogP contribution < -0.4 is 10.1 Å². The fraction of sp³-hybridized carbons (Fsp3) is 0.188. The summed E-state index contributed by atoms with van der Waals surface area (Å²) < 4.78 is 8.19. The standard InChI is InChI=1S/C16H15BrN4O2S/c1-16(2,14(22)19-15-18-8-9-24-15)23-13-12(17)10-21(20-13)11-6-4-3-5-7-11/h3-10H,1-2H3,(H,18,19,22). The number of ether oxygens (including phenoxy) is 1. The number of nitrogens with zero attached hydrogens (tertiary/aromatic N) is 3. The highest BCUT2D eigenvalue weighted by molar-refractivity contribution is 9.10. The highest BCUT2D eigenvalue weighted by Crippen LogP contribution is 2.28. The van der Waals surface area contributed by atoms with E-state index < -0.39 is 5.60 Å². The number of rotatable bonds is 5. The predicted octanol–water partition coefficient (Wildman–Crippen LogP) is 3.89. The lowest BCUT2D eigenvalue weighted by Crippen LogP contribution is -2.42. The van der Waals surface area contributed by atoms with Gasteiger partial charge in [0.15, 0.2) is 10.7 Å². The van der Waals surface area contributed by atoms with E-state index in [1.165, 1.54) is 11.3 Å². The minimum Gasteiger partial charge on any atom is -0.460 e. The molecule has 6 nitrogen and oxygen atoms in total. The van der Waals surface area contributed by atoms with Crippen molar-refractivity contribution in [2.24, 2.45) is 0 Å². The van der Waals surface area contributed by atoms with Crippen LogP contribution in [0.25, 0.3) is 5.69 Å². The first-order valence-corrected chi connectivity index (χ1v) is 8.83. The van der Waals surface area contributed by atoms with Gasteiger partial charge in [0, 0.05) is 17.8 Å². The maximum absolute atomic E-state index is 12.4. The van der Waals surface area contributed by atoms with Crippen LogP contribution in [0.2, 0.25) is 0 Å². The van der Waals surface area contributed by atoms with Crippen molar-refractivity contribution in [3.63, 3.8) is 0 Å². The van der Waals surface area contributed by atoms with Crippen LogP contribution >= 0.6 is 27.3 Å². The van der Waals surface area contributed by atoms with E-state index in [0.717, 1.165) is 5.69 Å². The summed E-state index contributed by atoms with van der Waals surface area (Å²) in [5, 5.41) is 9.46. The van der Waals surface area contributed by atoms with E-state index in [2.05, 4.69) is 31.3 Å². The van der Waals surface area contributed by atoms with Crippen molar-refractivity contribution < 1.29 is 9.53 Å². The summed E-state index contributed by atoms with van der Waals surface area (Å²) in [5.74, 6) is 0.0525. The molecule has 0 aliphatic carbocycles. The first-order valence-electron chi connectivity index (χ1n) is 7.16. The molecule has 1 aromatic carbocycles. The molecule has 0 aliphatic heterocycles. The smallest absolute Gasteiger partial charge is 0.269 e. The molecule has 0 unspecified atom stereocenters. The Morgan fingerprint density at radius 2 is 2.08 bits per heavy atom. The van der Waals surface area contributed by atoms with Crippen molar-refractivity contribution in [2.45, 2.75) is 19.4 Å². The summed E-state index contributed by atoms with van der Waals surface area (Å²) >= 11 is 4.78. The van der Waals surface area contributed by atoms with Crippen LogP contribution in [0.4, 0.5) is 5.13 Å². The summed E-state index contributed by atoms with van der Waals surface area (Å²) in [6.45, 7) is 3.37. The van der Waals surface area contributed by atoms with Crippen molar-refractivity contribution >= 4 is 38.3 Å². The third-order valence-electron chi connectivity index (χ3n) is 3.21. The number of aromatic nitrogens is 3. The second kappa shape index (κ2) is 6.74. The van der Waals surface area contributed by atoms with E-state index >= 15 is 0 Å². The topological polar surface area (TPSA) is 69.0 Å². The van der Waals surface area contributed by atoms with Gasteiger partial charge in [-0.05, 0) is 41.9 Å². The number of carbonyl (C=O) groups excluding carboxylic acids is 1. The van der Waals surface area contributed by atoms with Gasteiger partial charge in [-0.1, -0.05) is 18.2 Å². The number of para-hydroxylation sites is 1. The van der Waals surface area contributed by atoms with Crippen LogP contribution in [-0.2, 0) is 4.79 Å². The normalized spacial score (nSPS) is 11.3. The molecule has 124 valence electrons. The molecule has 2 aromatic heterocycles. The predicted molar refractivity (Wildman–Crippen MR) is 96.7 cm³/mol. The number of hydrogen-bond donors (Lipinski definition) is 1. The van der Waals surface area contributed by atoms with Gasteiger partial charge in [0.05, 0.1) is 10.2 Å². The molecule has 1 N–H and O–H groups in total. The van der Waals surface area contributed by atoms with Crippen molar-refractivity contribution in [3.8, 4) is 11.6 Å². The zero-order chi connectivity index (χ0) is 17.2. The highest BCUT2D eigenvalue weighted by Gasteiger charge is 2.32. The molecule has 0 atom stereocenters. The van der Waals surface area contributed by atoms with Gasteiger partial charge in [0.25, 0.3) is 5.91 Å². The summed E-state index contributed by atoms with van der Waals surface area (Å²) in [7, 11) is 0. The summed E-state index contributed by atoms with van der Waals surface area (Å²) in [4.78, 5) is 16.4. The van der Waals surface area contributed by atoms with Gasteiger partial charge in [0.2, 0.25) is 5.88 Å². The van der Waals surface area contributed by atoms with E-state index in [-0.39, 0.29) is 5.91 Å². The third kappa shape index (κ3) is 3.65. The highest BCUT2D eigenvalue weighted by atomic mass is 79.9. The number of halogens is 1. The average molecular weight is 407 g/mol. The maximum atomic E-state index is 12.4. The molecule has 0 bridgehead atoms. The summed E-state index contributed by atoms with van der Waals surface area (Å²) in [6.07, 6.45) is 3.42. The van der Waals surface area contributed by atoms with E-state index in [9.17, 15) is 4.79 Å². The van der Waals surface area contributed by atoms with Crippen LogP contribution in [-0.4, -0.2) is 26.3 Å². The number of benzene rings is 1. The molecular formula is C16H15BrN4O2S. The van der Waals surface area contributed by atoms with Crippen LogP contribution in [0.1, 0.15) is 13.8 Å². The molecule has 0 saturated heterocycles. The molecule has 8 heteroatoms. The lowest BCUT2D eigenvalue weighted by molar-refractivity contribution is -0.128. The van der Waals surface area contributed by atoms with Crippen LogP contribution in [0.3, 0.4) is 0 Å². The minimum atomic E-state index is -1.11. The van der Waals surface area contributed by atoms with Crippen LogP contribution in [0.15, 0.2) is 52.6 Å². The van der Waals surface area contributed by atoms with Gasteiger partial charge >= 0.3 is 0 Å². The van der Waals surface area contributed by atoms with Gasteiger partial charge in [-0.3, -0.25) is 10.1 Å². The number of nitrogens with one attached hydrogen (secondary N) is 1. The summed E-state index contributed by atoms with van der Waals surface area (Å²) in [6, 6.07) is 9.66. The zero-order valence-electron chi connectivity index (χ0n) is 13.1. The van der Waals surface area contributed by atoms with Gasteiger partial charge < -0.3 is 4.74 Å². The Balaban J connectivity index is 1.77. The molecule has 1 amide bonds. The van der Waals surface area contributed by atoms with Gasteiger partial charge in [-0.15, -0.1) is 16.4 Å². The molecule has 0 spiro atoms. The molecule has 0 radical (unpaired) electrons. The molecule has 0 fully saturated rings. The van der Waals surface area contributed by atoms with E-state index in [4.69, 9.17) is 4.74 Å². The maximum Gasteiger partial charge on any atom is 0.269 e. The van der Waals surface area contributed by atoms with Crippen LogP contribution in [0, 0.1) is 0 Å². The van der Waals surface area contributed by atoms with Crippen molar-refractivity contribution in [1.82, 2.24) is 14.8 Å². The Morgan fingerprint density at radius 3 is 2.75 bits per heavy atom. The number of thiazole rings is 1.